The second kappa shape index (κ2) is 3.00. The molecule has 0 aliphatic rings. The summed E-state index contributed by atoms with van der Waals surface area (Å²) in [5.74, 6) is -0.167. The van der Waals surface area contributed by atoms with E-state index in [9.17, 15) is 15.0 Å². The van der Waals surface area contributed by atoms with Crippen LogP contribution in [0.1, 0.15) is 5.82 Å². The van der Waals surface area contributed by atoms with E-state index in [-0.39, 0.29) is 28.2 Å². The van der Waals surface area contributed by atoms with Gasteiger partial charge in [0.05, 0.1) is 0 Å². The molecule has 0 amide bonds. The quantitative estimate of drug-likeness (QED) is 0.508. The molecule has 2 heterocycles. The molecule has 0 atom stereocenters. The first-order valence-electron chi connectivity index (χ1n) is 4.91. The summed E-state index contributed by atoms with van der Waals surface area (Å²) in [5.41, 5.74) is 0.154. The summed E-state index contributed by atoms with van der Waals surface area (Å²) in [6.07, 6.45) is 0. The number of benzene rings is 1. The van der Waals surface area contributed by atoms with Crippen LogP contribution in [0.25, 0.3) is 22.1 Å². The molecular weight excluding hydrogens is 224 g/mol. The average Bonchev–Trinajstić information content (AvgIpc) is 2.56. The van der Waals surface area contributed by atoms with Gasteiger partial charge in [0.1, 0.15) is 16.8 Å². The van der Waals surface area contributed by atoms with E-state index in [0.717, 1.165) is 0 Å². The Morgan fingerprint density at radius 2 is 2.00 bits per heavy atom. The van der Waals surface area contributed by atoms with Crippen LogP contribution in [0.5, 0.6) is 11.5 Å². The minimum absolute atomic E-state index is 0.186. The third kappa shape index (κ3) is 1.27. The van der Waals surface area contributed by atoms with Gasteiger partial charge in [0.2, 0.25) is 5.71 Å². The zero-order valence-electron chi connectivity index (χ0n) is 8.81. The number of furan rings is 1. The van der Waals surface area contributed by atoms with Gasteiger partial charge in [0.15, 0.2) is 11.5 Å². The minimum atomic E-state index is -0.337. The van der Waals surface area contributed by atoms with E-state index in [2.05, 4.69) is 9.97 Å². The van der Waals surface area contributed by atoms with E-state index in [0.29, 0.717) is 16.8 Å². The van der Waals surface area contributed by atoms with Crippen LogP contribution in [0.4, 0.5) is 0 Å². The molecule has 2 aromatic heterocycles. The molecule has 0 aliphatic carbocycles. The van der Waals surface area contributed by atoms with Crippen molar-refractivity contribution in [2.45, 2.75) is 6.92 Å². The number of aryl methyl sites for hydroxylation is 1. The van der Waals surface area contributed by atoms with Crippen LogP contribution in [0.2, 0.25) is 0 Å². The van der Waals surface area contributed by atoms with E-state index < -0.39 is 0 Å². The van der Waals surface area contributed by atoms with E-state index in [1.165, 1.54) is 12.1 Å². The van der Waals surface area contributed by atoms with Crippen LogP contribution in [-0.2, 0) is 0 Å². The fourth-order valence-corrected chi connectivity index (χ4v) is 1.81. The summed E-state index contributed by atoms with van der Waals surface area (Å²) in [6.45, 7) is 1.64. The summed E-state index contributed by atoms with van der Waals surface area (Å²) < 4.78 is 5.35. The molecule has 0 bridgehead atoms. The number of aromatic nitrogens is 2. The third-order valence-corrected chi connectivity index (χ3v) is 2.56. The first kappa shape index (κ1) is 9.71. The molecule has 3 aromatic rings. The summed E-state index contributed by atoms with van der Waals surface area (Å²) in [4.78, 5) is 18.4. The molecular formula is C11H8N2O4. The van der Waals surface area contributed by atoms with E-state index in [1.54, 1.807) is 6.92 Å². The highest BCUT2D eigenvalue weighted by Crippen LogP contribution is 2.34. The molecule has 0 spiro atoms. The van der Waals surface area contributed by atoms with Crippen molar-refractivity contribution < 1.29 is 14.6 Å². The number of nitrogens with one attached hydrogen (secondary N) is 1. The first-order valence-corrected chi connectivity index (χ1v) is 4.91. The molecule has 86 valence electrons. The smallest absolute Gasteiger partial charge is 0.262 e. The molecule has 6 heteroatoms. The van der Waals surface area contributed by atoms with E-state index in [1.807, 2.05) is 0 Å². The maximum atomic E-state index is 11.8. The van der Waals surface area contributed by atoms with Crippen molar-refractivity contribution in [1.29, 1.82) is 0 Å². The molecule has 3 N–H and O–H groups in total. The normalized spacial score (nSPS) is 11.4. The average molecular weight is 232 g/mol. The molecule has 3 rings (SSSR count). The standard InChI is InChI=1S/C11H8N2O4/c1-4-12-10(16)9-5-2-6(14)7(15)3-8(5)17-11(9)13-4/h2-3,14-15H,1H3,(H,12,13,16). The number of H-pyrrole nitrogens is 1. The Morgan fingerprint density at radius 1 is 1.29 bits per heavy atom. The van der Waals surface area contributed by atoms with E-state index in [4.69, 9.17) is 4.42 Å². The Kier molecular flexibility index (Phi) is 1.72. The Morgan fingerprint density at radius 3 is 2.76 bits per heavy atom. The third-order valence-electron chi connectivity index (χ3n) is 2.56. The van der Waals surface area contributed by atoms with Gasteiger partial charge in [-0.15, -0.1) is 0 Å². The number of aromatic amines is 1. The monoisotopic (exact) mass is 232 g/mol. The first-order chi connectivity index (χ1) is 8.06. The van der Waals surface area contributed by atoms with Crippen molar-refractivity contribution in [1.82, 2.24) is 9.97 Å². The van der Waals surface area contributed by atoms with Gasteiger partial charge in [-0.05, 0) is 13.0 Å². The second-order valence-electron chi connectivity index (χ2n) is 3.77. The largest absolute Gasteiger partial charge is 0.504 e. The molecule has 0 radical (unpaired) electrons. The topological polar surface area (TPSA) is 99.3 Å². The van der Waals surface area contributed by atoms with Gasteiger partial charge >= 0.3 is 0 Å². The van der Waals surface area contributed by atoms with Crippen molar-refractivity contribution in [3.63, 3.8) is 0 Å². The predicted molar refractivity (Wildman–Crippen MR) is 60.2 cm³/mol. The highest BCUT2D eigenvalue weighted by Gasteiger charge is 2.14. The second-order valence-corrected chi connectivity index (χ2v) is 3.77. The Balaban J connectivity index is 2.60. The van der Waals surface area contributed by atoms with Gasteiger partial charge in [0, 0.05) is 11.5 Å². The molecule has 1 aromatic carbocycles. The van der Waals surface area contributed by atoms with Crippen molar-refractivity contribution in [3.8, 4) is 11.5 Å². The molecule has 0 fully saturated rings. The summed E-state index contributed by atoms with van der Waals surface area (Å²) in [7, 11) is 0. The Labute approximate surface area is 94.1 Å². The zero-order valence-corrected chi connectivity index (χ0v) is 8.81. The van der Waals surface area contributed by atoms with Gasteiger partial charge in [-0.1, -0.05) is 0 Å². The lowest BCUT2D eigenvalue weighted by molar-refractivity contribution is 0.404. The lowest BCUT2D eigenvalue weighted by atomic mass is 10.2. The minimum Gasteiger partial charge on any atom is -0.504 e. The highest BCUT2D eigenvalue weighted by atomic mass is 16.3. The van der Waals surface area contributed by atoms with Crippen molar-refractivity contribution in [3.05, 3.63) is 28.3 Å². The van der Waals surface area contributed by atoms with Crippen LogP contribution in [0.15, 0.2) is 21.3 Å². The number of rotatable bonds is 0. The van der Waals surface area contributed by atoms with Gasteiger partial charge < -0.3 is 19.6 Å². The van der Waals surface area contributed by atoms with Crippen molar-refractivity contribution in [2.24, 2.45) is 0 Å². The SMILES string of the molecule is Cc1nc2oc3cc(O)c(O)cc3c2c(=O)[nH]1. The number of hydrogen-bond acceptors (Lipinski definition) is 5. The summed E-state index contributed by atoms with van der Waals surface area (Å²) >= 11 is 0. The predicted octanol–water partition coefficient (Wildman–Crippen LogP) is 1.39. The molecule has 0 saturated heterocycles. The number of hydrogen-bond donors (Lipinski definition) is 3. The van der Waals surface area contributed by atoms with Crippen LogP contribution in [0.3, 0.4) is 0 Å². The maximum absolute atomic E-state index is 11.8. The fourth-order valence-electron chi connectivity index (χ4n) is 1.81. The van der Waals surface area contributed by atoms with Crippen LogP contribution >= 0.6 is 0 Å². The maximum Gasteiger partial charge on any atom is 0.262 e. The van der Waals surface area contributed by atoms with Crippen LogP contribution in [0, 0.1) is 6.92 Å². The summed E-state index contributed by atoms with van der Waals surface area (Å²) in [5, 5.41) is 19.5. The number of aromatic hydroxyl groups is 2. The fraction of sp³-hybridized carbons (Fsp3) is 0.0909. The van der Waals surface area contributed by atoms with Crippen LogP contribution in [-0.4, -0.2) is 20.2 Å². The molecule has 6 nitrogen and oxygen atoms in total. The Bertz CT molecular complexity index is 800. The lowest BCUT2D eigenvalue weighted by Gasteiger charge is -1.95. The lowest BCUT2D eigenvalue weighted by Crippen LogP contribution is -2.08. The van der Waals surface area contributed by atoms with Crippen molar-refractivity contribution >= 4 is 22.1 Å². The molecule has 0 saturated carbocycles. The number of phenols is 2. The highest BCUT2D eigenvalue weighted by molar-refractivity contribution is 6.04. The molecule has 17 heavy (non-hydrogen) atoms. The molecule has 0 unspecified atom stereocenters. The number of phenolic OH excluding ortho intramolecular Hbond substituents is 2. The zero-order chi connectivity index (χ0) is 12.2. The van der Waals surface area contributed by atoms with Crippen molar-refractivity contribution in [2.75, 3.05) is 0 Å². The van der Waals surface area contributed by atoms with E-state index >= 15 is 0 Å². The summed E-state index contributed by atoms with van der Waals surface area (Å²) in [6, 6.07) is 2.53. The molecule has 0 aliphatic heterocycles. The van der Waals surface area contributed by atoms with Crippen LogP contribution < -0.4 is 5.56 Å². The van der Waals surface area contributed by atoms with Gasteiger partial charge in [-0.25, -0.2) is 0 Å². The number of nitrogens with zero attached hydrogens (tertiary/aromatic N) is 1. The van der Waals surface area contributed by atoms with Gasteiger partial charge in [0.25, 0.3) is 5.56 Å². The number of fused-ring (bicyclic) bond motifs is 3. The van der Waals surface area contributed by atoms with Gasteiger partial charge in [-0.3, -0.25) is 4.79 Å². The Hall–Kier alpha value is -2.50. The van der Waals surface area contributed by atoms with Gasteiger partial charge in [-0.2, -0.15) is 4.98 Å².